The van der Waals surface area contributed by atoms with Crippen molar-refractivity contribution in [3.05, 3.63) is 59.7 Å². The second kappa shape index (κ2) is 7.43. The summed E-state index contributed by atoms with van der Waals surface area (Å²) in [6, 6.07) is 13.6. The number of halogens is 3. The summed E-state index contributed by atoms with van der Waals surface area (Å²) in [5.41, 5.74) is -0.272. The molecule has 0 aromatic heterocycles. The molecule has 4 rings (SSSR count). The molecular formula is C21H22F3NO2. The number of piperidine rings is 1. The third-order valence-electron chi connectivity index (χ3n) is 5.25. The summed E-state index contributed by atoms with van der Waals surface area (Å²) in [6.45, 7) is 0.0289. The van der Waals surface area contributed by atoms with Gasteiger partial charge < -0.3 is 14.8 Å². The first kappa shape index (κ1) is 18.2. The number of hydrogen-bond acceptors (Lipinski definition) is 3. The number of para-hydroxylation sites is 1. The van der Waals surface area contributed by atoms with Crippen molar-refractivity contribution in [2.24, 2.45) is 0 Å². The lowest BCUT2D eigenvalue weighted by molar-refractivity contribution is -0.137. The Kier molecular flexibility index (Phi) is 5.00. The molecule has 0 spiro atoms. The summed E-state index contributed by atoms with van der Waals surface area (Å²) < 4.78 is 51.2. The Morgan fingerprint density at radius 2 is 1.67 bits per heavy atom. The maximum Gasteiger partial charge on any atom is 0.416 e. The Morgan fingerprint density at radius 3 is 2.33 bits per heavy atom. The molecule has 2 aromatic rings. The summed E-state index contributed by atoms with van der Waals surface area (Å²) in [4.78, 5) is 0. The molecule has 0 amide bonds. The zero-order chi connectivity index (χ0) is 18.9. The molecule has 2 aliphatic rings. The SMILES string of the molecule is FC(F)(F)c1ccc(OC2C[C@H]3CC[C@@H](C2)N3)c(COc2ccccc2)c1. The molecule has 0 aliphatic carbocycles. The van der Waals surface area contributed by atoms with Gasteiger partial charge in [-0.1, -0.05) is 18.2 Å². The van der Waals surface area contributed by atoms with Gasteiger partial charge in [-0.2, -0.15) is 13.2 Å². The van der Waals surface area contributed by atoms with Crippen molar-refractivity contribution in [1.29, 1.82) is 0 Å². The van der Waals surface area contributed by atoms with E-state index in [9.17, 15) is 13.2 Å². The summed E-state index contributed by atoms with van der Waals surface area (Å²) in [5, 5.41) is 3.54. The van der Waals surface area contributed by atoms with Crippen molar-refractivity contribution < 1.29 is 22.6 Å². The van der Waals surface area contributed by atoms with E-state index in [1.54, 1.807) is 12.1 Å². The number of fused-ring (bicyclic) bond motifs is 2. The molecular weight excluding hydrogens is 355 g/mol. The maximum atomic E-state index is 13.1. The highest BCUT2D eigenvalue weighted by molar-refractivity contribution is 5.39. The third kappa shape index (κ3) is 4.38. The molecule has 2 fully saturated rings. The summed E-state index contributed by atoms with van der Waals surface area (Å²) in [5.74, 6) is 1.09. The van der Waals surface area contributed by atoms with E-state index in [4.69, 9.17) is 9.47 Å². The van der Waals surface area contributed by atoms with Gasteiger partial charge in [-0.15, -0.1) is 0 Å². The van der Waals surface area contributed by atoms with Crippen LogP contribution in [0.3, 0.4) is 0 Å². The lowest BCUT2D eigenvalue weighted by Crippen LogP contribution is -2.42. The largest absolute Gasteiger partial charge is 0.490 e. The van der Waals surface area contributed by atoms with Crippen LogP contribution in [0.5, 0.6) is 11.5 Å². The fourth-order valence-corrected chi connectivity index (χ4v) is 3.94. The highest BCUT2D eigenvalue weighted by atomic mass is 19.4. The number of hydrogen-bond donors (Lipinski definition) is 1. The van der Waals surface area contributed by atoms with Crippen LogP contribution in [0.25, 0.3) is 0 Å². The molecule has 27 heavy (non-hydrogen) atoms. The molecule has 144 valence electrons. The van der Waals surface area contributed by atoms with Crippen LogP contribution in [0.15, 0.2) is 48.5 Å². The number of rotatable bonds is 5. The average Bonchev–Trinajstić information content (AvgIpc) is 2.99. The first-order valence-electron chi connectivity index (χ1n) is 9.28. The van der Waals surface area contributed by atoms with Crippen molar-refractivity contribution in [1.82, 2.24) is 5.32 Å². The van der Waals surface area contributed by atoms with Gasteiger partial charge in [0, 0.05) is 17.6 Å². The van der Waals surface area contributed by atoms with Gasteiger partial charge in [-0.05, 0) is 56.0 Å². The molecule has 2 aromatic carbocycles. The second-order valence-electron chi connectivity index (χ2n) is 7.27. The molecule has 3 nitrogen and oxygen atoms in total. The Hall–Kier alpha value is -2.21. The van der Waals surface area contributed by atoms with Crippen LogP contribution in [-0.4, -0.2) is 18.2 Å². The van der Waals surface area contributed by atoms with Gasteiger partial charge in [-0.3, -0.25) is 0 Å². The van der Waals surface area contributed by atoms with E-state index < -0.39 is 11.7 Å². The first-order chi connectivity index (χ1) is 13.0. The van der Waals surface area contributed by atoms with E-state index in [-0.39, 0.29) is 12.7 Å². The fraction of sp³-hybridized carbons (Fsp3) is 0.429. The Bertz CT molecular complexity index is 767. The molecule has 2 heterocycles. The fourth-order valence-electron chi connectivity index (χ4n) is 3.94. The topological polar surface area (TPSA) is 30.5 Å². The van der Waals surface area contributed by atoms with Gasteiger partial charge >= 0.3 is 6.18 Å². The van der Waals surface area contributed by atoms with Gasteiger partial charge in [0.25, 0.3) is 0 Å². The molecule has 1 N–H and O–H groups in total. The van der Waals surface area contributed by atoms with Crippen molar-refractivity contribution >= 4 is 0 Å². The van der Waals surface area contributed by atoms with E-state index in [1.165, 1.54) is 6.07 Å². The molecule has 0 saturated carbocycles. The molecule has 2 saturated heterocycles. The predicted octanol–water partition coefficient (Wildman–Crippen LogP) is 4.95. The van der Waals surface area contributed by atoms with Crippen molar-refractivity contribution in [3.63, 3.8) is 0 Å². The quantitative estimate of drug-likeness (QED) is 0.800. The van der Waals surface area contributed by atoms with E-state index in [0.29, 0.717) is 29.1 Å². The van der Waals surface area contributed by atoms with E-state index in [0.717, 1.165) is 37.8 Å². The molecule has 6 heteroatoms. The third-order valence-corrected chi connectivity index (χ3v) is 5.25. The molecule has 2 aliphatic heterocycles. The molecule has 1 unspecified atom stereocenters. The summed E-state index contributed by atoms with van der Waals surface area (Å²) in [6.07, 6.45) is -0.319. The zero-order valence-electron chi connectivity index (χ0n) is 14.8. The van der Waals surface area contributed by atoms with Gasteiger partial charge in [0.05, 0.1) is 5.56 Å². The van der Waals surface area contributed by atoms with Crippen LogP contribution in [0.2, 0.25) is 0 Å². The Balaban J connectivity index is 1.53. The van der Waals surface area contributed by atoms with Gasteiger partial charge in [0.15, 0.2) is 0 Å². The van der Waals surface area contributed by atoms with E-state index >= 15 is 0 Å². The van der Waals surface area contributed by atoms with Gasteiger partial charge in [-0.25, -0.2) is 0 Å². The van der Waals surface area contributed by atoms with Crippen LogP contribution in [0, 0.1) is 0 Å². The second-order valence-corrected chi connectivity index (χ2v) is 7.27. The minimum absolute atomic E-state index is 0.0240. The van der Waals surface area contributed by atoms with Crippen LogP contribution in [0.4, 0.5) is 13.2 Å². The lowest BCUT2D eigenvalue weighted by atomic mass is 10.0. The van der Waals surface area contributed by atoms with Gasteiger partial charge in [0.2, 0.25) is 0 Å². The standard InChI is InChI=1S/C21H22F3NO2/c22-21(23,24)15-6-9-20(27-19-11-16-7-8-17(12-19)25-16)14(10-15)13-26-18-4-2-1-3-5-18/h1-6,9-10,16-17,19,25H,7-8,11-13H2/t16-,17+,19?. The highest BCUT2D eigenvalue weighted by Crippen LogP contribution is 2.35. The smallest absolute Gasteiger partial charge is 0.416 e. The van der Waals surface area contributed by atoms with Crippen LogP contribution in [0.1, 0.15) is 36.8 Å². The zero-order valence-corrected chi connectivity index (χ0v) is 14.8. The summed E-state index contributed by atoms with van der Waals surface area (Å²) in [7, 11) is 0. The number of ether oxygens (including phenoxy) is 2. The molecule has 3 atom stereocenters. The maximum absolute atomic E-state index is 13.1. The van der Waals surface area contributed by atoms with Crippen LogP contribution in [-0.2, 0) is 12.8 Å². The highest BCUT2D eigenvalue weighted by Gasteiger charge is 2.35. The minimum Gasteiger partial charge on any atom is -0.490 e. The Morgan fingerprint density at radius 1 is 0.963 bits per heavy atom. The number of benzene rings is 2. The van der Waals surface area contributed by atoms with Crippen molar-refractivity contribution in [3.8, 4) is 11.5 Å². The molecule has 2 bridgehead atoms. The van der Waals surface area contributed by atoms with Crippen molar-refractivity contribution in [2.75, 3.05) is 0 Å². The predicted molar refractivity (Wildman–Crippen MR) is 95.8 cm³/mol. The van der Waals surface area contributed by atoms with Gasteiger partial charge in [0.1, 0.15) is 24.2 Å². The van der Waals surface area contributed by atoms with Crippen LogP contribution < -0.4 is 14.8 Å². The number of alkyl halides is 3. The lowest BCUT2D eigenvalue weighted by Gasteiger charge is -2.30. The van der Waals surface area contributed by atoms with E-state index in [2.05, 4.69) is 5.32 Å². The first-order valence-corrected chi connectivity index (χ1v) is 9.28. The summed E-state index contributed by atoms with van der Waals surface area (Å²) >= 11 is 0. The Labute approximate surface area is 156 Å². The number of nitrogens with one attached hydrogen (secondary N) is 1. The normalized spacial score (nSPS) is 24.6. The van der Waals surface area contributed by atoms with E-state index in [1.807, 2.05) is 18.2 Å². The van der Waals surface area contributed by atoms with Crippen molar-refractivity contribution in [2.45, 2.75) is 56.7 Å². The molecule has 0 radical (unpaired) electrons. The van der Waals surface area contributed by atoms with Crippen LogP contribution >= 0.6 is 0 Å². The average molecular weight is 377 g/mol. The minimum atomic E-state index is -4.39. The monoisotopic (exact) mass is 377 g/mol.